The predicted octanol–water partition coefficient (Wildman–Crippen LogP) is 12.5. The van der Waals surface area contributed by atoms with Crippen LogP contribution in [-0.2, 0) is 25.7 Å². The number of pyridine rings is 5. The molecule has 5 aromatic rings. The zero-order valence-electron chi connectivity index (χ0n) is 32.1. The molecule has 0 aromatic carbocycles. The van der Waals surface area contributed by atoms with Crippen molar-refractivity contribution in [3.05, 3.63) is 114 Å². The lowest BCUT2D eigenvalue weighted by Gasteiger charge is -2.26. The molecule has 5 aromatic heterocycles. The lowest BCUT2D eigenvalue weighted by atomic mass is 10.1. The zero-order chi connectivity index (χ0) is 36.4. The number of unbranched alkanes of at least 4 members (excludes halogenated alkanes) is 8. The third-order valence-electron chi connectivity index (χ3n) is 9.41. The van der Waals surface area contributed by atoms with E-state index in [0.29, 0.717) is 0 Å². The Labute approximate surface area is 313 Å². The number of hydrogen-bond donors (Lipinski definition) is 0. The van der Waals surface area contributed by atoms with Gasteiger partial charge in [-0.15, -0.1) is 0 Å². The fourth-order valence-electron chi connectivity index (χ4n) is 6.51. The zero-order valence-corrected chi connectivity index (χ0v) is 32.1. The second-order valence-corrected chi connectivity index (χ2v) is 13.8. The minimum Gasteiger partial charge on any atom is -0.262 e. The van der Waals surface area contributed by atoms with Gasteiger partial charge in [0.15, 0.2) is 0 Å². The van der Waals surface area contributed by atoms with E-state index in [1.165, 1.54) is 51.4 Å². The van der Waals surface area contributed by atoms with Crippen LogP contribution in [0.1, 0.15) is 128 Å². The standard InChI is InChI=1S/C45H59N7/c1-5-9-13-22-36-26-17-30-40(46-36)51(41-31-18-27-37(47-41)23-14-10-6-2)44-34-21-35-45(50-44)52(42-32-19-28-38(48-42)24-15-11-7-3)43-33-20-29-39(49-43)25-16-12-8-4/h17-21,26-35H,5-16,22-25H2,1-4H3. The fourth-order valence-corrected chi connectivity index (χ4v) is 6.51. The van der Waals surface area contributed by atoms with Gasteiger partial charge in [-0.25, -0.2) is 24.9 Å². The van der Waals surface area contributed by atoms with Gasteiger partial charge < -0.3 is 0 Å². The Balaban J connectivity index is 1.61. The summed E-state index contributed by atoms with van der Waals surface area (Å²) in [6.45, 7) is 8.96. The number of anilines is 6. The molecule has 0 unspecified atom stereocenters. The van der Waals surface area contributed by atoms with E-state index in [1.807, 2.05) is 0 Å². The fraction of sp³-hybridized carbons (Fsp3) is 0.444. The monoisotopic (exact) mass is 697 g/mol. The summed E-state index contributed by atoms with van der Waals surface area (Å²) in [5, 5.41) is 0. The van der Waals surface area contributed by atoms with Gasteiger partial charge >= 0.3 is 0 Å². The molecule has 5 heterocycles. The second-order valence-electron chi connectivity index (χ2n) is 13.8. The van der Waals surface area contributed by atoms with E-state index >= 15 is 0 Å². The van der Waals surface area contributed by atoms with E-state index in [0.717, 1.165) is 109 Å². The molecule has 0 bridgehead atoms. The van der Waals surface area contributed by atoms with Crippen LogP contribution in [0.4, 0.5) is 34.9 Å². The van der Waals surface area contributed by atoms with Gasteiger partial charge in [-0.3, -0.25) is 9.80 Å². The SMILES string of the molecule is CCCCCc1cccc(N(c2cccc(CCCCC)n2)c2cccc(N(c3cccc(CCCCC)n3)c3cccc(CCCCC)n3)n2)n1. The average Bonchev–Trinajstić information content (AvgIpc) is 3.17. The van der Waals surface area contributed by atoms with Crippen molar-refractivity contribution in [3.63, 3.8) is 0 Å². The van der Waals surface area contributed by atoms with Crippen molar-refractivity contribution >= 4 is 34.9 Å². The third kappa shape index (κ3) is 11.2. The Morgan fingerprint density at radius 2 is 0.538 bits per heavy atom. The summed E-state index contributed by atoms with van der Waals surface area (Å²) in [6.07, 6.45) is 17.8. The molecule has 274 valence electrons. The van der Waals surface area contributed by atoms with Crippen LogP contribution in [0, 0.1) is 0 Å². The van der Waals surface area contributed by atoms with Gasteiger partial charge in [0, 0.05) is 22.8 Å². The smallest absolute Gasteiger partial charge is 0.142 e. The van der Waals surface area contributed by atoms with Gasteiger partial charge in [-0.1, -0.05) is 109 Å². The van der Waals surface area contributed by atoms with Gasteiger partial charge in [0.1, 0.15) is 34.9 Å². The molecule has 0 saturated carbocycles. The molecule has 0 aliphatic heterocycles. The Morgan fingerprint density at radius 3 is 0.788 bits per heavy atom. The van der Waals surface area contributed by atoms with Crippen LogP contribution in [0.15, 0.2) is 91.0 Å². The van der Waals surface area contributed by atoms with E-state index < -0.39 is 0 Å². The molecule has 0 radical (unpaired) electrons. The number of hydrogen-bond acceptors (Lipinski definition) is 7. The summed E-state index contributed by atoms with van der Waals surface area (Å²) >= 11 is 0. The maximum atomic E-state index is 5.39. The van der Waals surface area contributed by atoms with E-state index in [2.05, 4.69) is 128 Å². The molecular formula is C45H59N7. The van der Waals surface area contributed by atoms with E-state index in [4.69, 9.17) is 24.9 Å². The quantitative estimate of drug-likeness (QED) is 0.0667. The highest BCUT2D eigenvalue weighted by molar-refractivity contribution is 5.74. The Kier molecular flexibility index (Phi) is 15.6. The third-order valence-corrected chi connectivity index (χ3v) is 9.41. The van der Waals surface area contributed by atoms with Gasteiger partial charge in [0.2, 0.25) is 0 Å². The molecule has 0 saturated heterocycles. The van der Waals surface area contributed by atoms with Crippen molar-refractivity contribution in [1.29, 1.82) is 0 Å². The molecule has 0 atom stereocenters. The molecule has 7 heteroatoms. The van der Waals surface area contributed by atoms with Crippen LogP contribution in [-0.4, -0.2) is 24.9 Å². The van der Waals surface area contributed by atoms with Crippen LogP contribution < -0.4 is 9.80 Å². The first-order chi connectivity index (χ1) is 25.6. The molecule has 0 spiro atoms. The summed E-state index contributed by atoms with van der Waals surface area (Å²) in [6, 6.07) is 31.5. The van der Waals surface area contributed by atoms with Crippen molar-refractivity contribution in [2.24, 2.45) is 0 Å². The number of rotatable bonds is 22. The molecule has 5 rings (SSSR count). The second kappa shape index (κ2) is 21.0. The van der Waals surface area contributed by atoms with E-state index in [9.17, 15) is 0 Å². The minimum absolute atomic E-state index is 0.747. The molecule has 0 N–H and O–H groups in total. The first kappa shape index (κ1) is 38.6. The number of aromatic nitrogens is 5. The molecule has 0 fully saturated rings. The average molecular weight is 698 g/mol. The Bertz CT molecular complexity index is 1550. The maximum Gasteiger partial charge on any atom is 0.142 e. The molecular weight excluding hydrogens is 639 g/mol. The van der Waals surface area contributed by atoms with Crippen molar-refractivity contribution in [2.45, 2.75) is 130 Å². The van der Waals surface area contributed by atoms with E-state index in [1.54, 1.807) is 0 Å². The highest BCUT2D eigenvalue weighted by Crippen LogP contribution is 2.36. The molecule has 0 aliphatic carbocycles. The van der Waals surface area contributed by atoms with Crippen LogP contribution in [0.2, 0.25) is 0 Å². The minimum atomic E-state index is 0.747. The highest BCUT2D eigenvalue weighted by Gasteiger charge is 2.22. The summed E-state index contributed by atoms with van der Waals surface area (Å²) in [5.41, 5.74) is 4.34. The lowest BCUT2D eigenvalue weighted by molar-refractivity contribution is 0.706. The van der Waals surface area contributed by atoms with Crippen molar-refractivity contribution in [3.8, 4) is 0 Å². The van der Waals surface area contributed by atoms with Crippen LogP contribution >= 0.6 is 0 Å². The molecule has 7 nitrogen and oxygen atoms in total. The molecule has 52 heavy (non-hydrogen) atoms. The Hall–Kier alpha value is -4.65. The normalized spacial score (nSPS) is 11.2. The highest BCUT2D eigenvalue weighted by atomic mass is 15.3. The first-order valence-electron chi connectivity index (χ1n) is 20.0. The van der Waals surface area contributed by atoms with Crippen molar-refractivity contribution in [2.75, 3.05) is 9.80 Å². The van der Waals surface area contributed by atoms with Gasteiger partial charge in [-0.2, -0.15) is 0 Å². The van der Waals surface area contributed by atoms with Gasteiger partial charge in [0.05, 0.1) is 0 Å². The summed E-state index contributed by atoms with van der Waals surface area (Å²) in [7, 11) is 0. The summed E-state index contributed by atoms with van der Waals surface area (Å²) < 4.78 is 0. The predicted molar refractivity (Wildman–Crippen MR) is 218 cm³/mol. The van der Waals surface area contributed by atoms with Crippen LogP contribution in [0.3, 0.4) is 0 Å². The topological polar surface area (TPSA) is 70.9 Å². The molecule has 0 amide bonds. The van der Waals surface area contributed by atoms with Crippen molar-refractivity contribution in [1.82, 2.24) is 24.9 Å². The first-order valence-corrected chi connectivity index (χ1v) is 20.0. The summed E-state index contributed by atoms with van der Waals surface area (Å²) in [5.74, 6) is 4.76. The maximum absolute atomic E-state index is 5.39. The van der Waals surface area contributed by atoms with Crippen molar-refractivity contribution < 1.29 is 0 Å². The largest absolute Gasteiger partial charge is 0.262 e. The van der Waals surface area contributed by atoms with Gasteiger partial charge in [-0.05, 0) is 112 Å². The van der Waals surface area contributed by atoms with Gasteiger partial charge in [0.25, 0.3) is 0 Å². The summed E-state index contributed by atoms with van der Waals surface area (Å²) in [4.78, 5) is 30.4. The Morgan fingerprint density at radius 1 is 0.308 bits per heavy atom. The van der Waals surface area contributed by atoms with Crippen LogP contribution in [0.25, 0.3) is 0 Å². The van der Waals surface area contributed by atoms with E-state index in [-0.39, 0.29) is 0 Å². The molecule has 0 aliphatic rings. The van der Waals surface area contributed by atoms with Crippen LogP contribution in [0.5, 0.6) is 0 Å². The lowest BCUT2D eigenvalue weighted by Crippen LogP contribution is -2.19. The number of nitrogens with zero attached hydrogens (tertiary/aromatic N) is 7. The number of aryl methyl sites for hydroxylation is 4.